The lowest BCUT2D eigenvalue weighted by Crippen LogP contribution is -2.28. The van der Waals surface area contributed by atoms with E-state index in [0.717, 1.165) is 36.9 Å². The number of rotatable bonds is 9. The molecule has 0 spiro atoms. The number of fused-ring (bicyclic) bond motifs is 1. The van der Waals surface area contributed by atoms with E-state index in [2.05, 4.69) is 23.6 Å². The van der Waals surface area contributed by atoms with Crippen LogP contribution < -0.4 is 9.46 Å². The van der Waals surface area contributed by atoms with Crippen LogP contribution in [0.5, 0.6) is 5.75 Å². The van der Waals surface area contributed by atoms with E-state index < -0.39 is 10.0 Å². The van der Waals surface area contributed by atoms with E-state index in [0.29, 0.717) is 24.8 Å². The molecule has 1 N–H and O–H groups in total. The fraction of sp³-hybridized carbons (Fsp3) is 0.417. The van der Waals surface area contributed by atoms with Crippen molar-refractivity contribution in [3.63, 3.8) is 0 Å². The van der Waals surface area contributed by atoms with Crippen LogP contribution in [0.4, 0.5) is 0 Å². The highest BCUT2D eigenvalue weighted by Crippen LogP contribution is 2.31. The molecule has 1 aliphatic carbocycles. The van der Waals surface area contributed by atoms with Crippen LogP contribution in [-0.4, -0.2) is 36.3 Å². The summed E-state index contributed by atoms with van der Waals surface area (Å²) in [5.41, 5.74) is 4.54. The van der Waals surface area contributed by atoms with E-state index in [1.54, 1.807) is 36.7 Å². The van der Waals surface area contributed by atoms with Gasteiger partial charge in [0.2, 0.25) is 10.0 Å². The van der Waals surface area contributed by atoms with Crippen molar-refractivity contribution in [3.05, 3.63) is 60.0 Å². The van der Waals surface area contributed by atoms with Gasteiger partial charge in [-0.3, -0.25) is 9.67 Å². The molecule has 0 bridgehead atoms. The number of pyridine rings is 1. The molecule has 2 aromatic heterocycles. The molecule has 0 amide bonds. The molecule has 7 nitrogen and oxygen atoms in total. The second-order valence-electron chi connectivity index (χ2n) is 8.51. The number of nitrogens with one attached hydrogen (secondary N) is 1. The van der Waals surface area contributed by atoms with E-state index in [-0.39, 0.29) is 11.4 Å². The summed E-state index contributed by atoms with van der Waals surface area (Å²) in [6.07, 6.45) is 7.81. The monoisotopic (exact) mass is 454 g/mol. The van der Waals surface area contributed by atoms with Gasteiger partial charge in [-0.15, -0.1) is 0 Å². The molecule has 0 atom stereocenters. The maximum absolute atomic E-state index is 12.7. The van der Waals surface area contributed by atoms with Gasteiger partial charge in [0.1, 0.15) is 5.75 Å². The van der Waals surface area contributed by atoms with Crippen molar-refractivity contribution < 1.29 is 13.2 Å². The lowest BCUT2D eigenvalue weighted by atomic mass is 9.94. The van der Waals surface area contributed by atoms with Gasteiger partial charge in [0.05, 0.1) is 23.7 Å². The van der Waals surface area contributed by atoms with Crippen LogP contribution in [0.3, 0.4) is 0 Å². The average molecular weight is 455 g/mol. The van der Waals surface area contributed by atoms with Crippen molar-refractivity contribution >= 4 is 10.0 Å². The summed E-state index contributed by atoms with van der Waals surface area (Å²) in [5.74, 6) is 1.08. The Kier molecular flexibility index (Phi) is 6.91. The third-order valence-corrected chi connectivity index (χ3v) is 7.02. The lowest BCUT2D eigenvalue weighted by Gasteiger charge is -2.15. The molecule has 0 aliphatic heterocycles. The molecule has 0 radical (unpaired) electrons. The Bertz CT molecular complexity index is 1140. The first-order valence-electron chi connectivity index (χ1n) is 11.2. The van der Waals surface area contributed by atoms with Crippen LogP contribution in [0, 0.1) is 5.92 Å². The molecule has 0 fully saturated rings. The number of aromatic nitrogens is 3. The molecular weight excluding hydrogens is 424 g/mol. The Morgan fingerprint density at radius 2 is 1.78 bits per heavy atom. The minimum absolute atomic E-state index is 0.231. The average Bonchev–Trinajstić information content (AvgIpc) is 3.17. The summed E-state index contributed by atoms with van der Waals surface area (Å²) < 4.78 is 35.8. The van der Waals surface area contributed by atoms with E-state index in [1.807, 2.05) is 16.8 Å². The SMILES string of the molecule is CC(C)COc1ccc(S(=O)(=O)NCCn2nc(-c3ccncc3)c3c2CCCC3)cc1. The summed E-state index contributed by atoms with van der Waals surface area (Å²) in [6, 6.07) is 10.5. The van der Waals surface area contributed by atoms with Gasteiger partial charge in [-0.2, -0.15) is 5.10 Å². The van der Waals surface area contributed by atoms with Crippen molar-refractivity contribution in [2.45, 2.75) is 51.0 Å². The van der Waals surface area contributed by atoms with Crippen LogP contribution in [0.1, 0.15) is 37.9 Å². The summed E-state index contributed by atoms with van der Waals surface area (Å²) >= 11 is 0. The van der Waals surface area contributed by atoms with Crippen molar-refractivity contribution in [1.82, 2.24) is 19.5 Å². The van der Waals surface area contributed by atoms with E-state index in [9.17, 15) is 8.42 Å². The number of sulfonamides is 1. The van der Waals surface area contributed by atoms with Gasteiger partial charge >= 0.3 is 0 Å². The lowest BCUT2D eigenvalue weighted by molar-refractivity contribution is 0.271. The standard InChI is InChI=1S/C24H30N4O3S/c1-18(2)17-31-20-7-9-21(10-8-20)32(29,30)26-15-16-28-23-6-4-3-5-22(23)24(27-28)19-11-13-25-14-12-19/h7-14,18,26H,3-6,15-17H2,1-2H3. The van der Waals surface area contributed by atoms with E-state index in [4.69, 9.17) is 9.84 Å². The van der Waals surface area contributed by atoms with Gasteiger partial charge in [-0.05, 0) is 68.0 Å². The minimum Gasteiger partial charge on any atom is -0.493 e. The van der Waals surface area contributed by atoms with Crippen molar-refractivity contribution in [2.24, 2.45) is 5.92 Å². The Hall–Kier alpha value is -2.71. The van der Waals surface area contributed by atoms with Gasteiger partial charge in [-0.25, -0.2) is 13.1 Å². The predicted octanol–water partition coefficient (Wildman–Crippen LogP) is 3.84. The fourth-order valence-corrected chi connectivity index (χ4v) is 4.97. The Balaban J connectivity index is 1.43. The second-order valence-corrected chi connectivity index (χ2v) is 10.3. The molecule has 0 saturated carbocycles. The summed E-state index contributed by atoms with van der Waals surface area (Å²) in [6.45, 7) is 5.50. The van der Waals surface area contributed by atoms with Crippen LogP contribution in [0.15, 0.2) is 53.7 Å². The second kappa shape index (κ2) is 9.83. The maximum atomic E-state index is 12.7. The molecule has 1 aromatic carbocycles. The zero-order chi connectivity index (χ0) is 22.6. The fourth-order valence-electron chi connectivity index (χ4n) is 3.94. The van der Waals surface area contributed by atoms with Crippen LogP contribution in [0.25, 0.3) is 11.3 Å². The van der Waals surface area contributed by atoms with E-state index in [1.165, 1.54) is 11.3 Å². The van der Waals surface area contributed by atoms with Crippen molar-refractivity contribution in [2.75, 3.05) is 13.2 Å². The maximum Gasteiger partial charge on any atom is 0.240 e. The van der Waals surface area contributed by atoms with Crippen molar-refractivity contribution in [1.29, 1.82) is 0 Å². The molecule has 170 valence electrons. The zero-order valence-electron chi connectivity index (χ0n) is 18.6. The number of benzene rings is 1. The van der Waals surface area contributed by atoms with E-state index >= 15 is 0 Å². The first-order chi connectivity index (χ1) is 15.4. The molecule has 8 heteroatoms. The smallest absolute Gasteiger partial charge is 0.240 e. The Morgan fingerprint density at radius 3 is 2.50 bits per heavy atom. The highest BCUT2D eigenvalue weighted by atomic mass is 32.2. The third kappa shape index (κ3) is 5.19. The van der Waals surface area contributed by atoms with Gasteiger partial charge in [0.15, 0.2) is 0 Å². The highest BCUT2D eigenvalue weighted by Gasteiger charge is 2.22. The summed E-state index contributed by atoms with van der Waals surface area (Å²) in [7, 11) is -3.60. The summed E-state index contributed by atoms with van der Waals surface area (Å²) in [4.78, 5) is 4.33. The van der Waals surface area contributed by atoms with Crippen LogP contribution in [-0.2, 0) is 29.4 Å². The molecule has 1 aliphatic rings. The third-order valence-electron chi connectivity index (χ3n) is 5.54. The van der Waals surface area contributed by atoms with Crippen LogP contribution in [0.2, 0.25) is 0 Å². The van der Waals surface area contributed by atoms with Crippen LogP contribution >= 0.6 is 0 Å². The Labute approximate surface area is 189 Å². The molecule has 2 heterocycles. The number of hydrogen-bond acceptors (Lipinski definition) is 5. The number of hydrogen-bond donors (Lipinski definition) is 1. The van der Waals surface area contributed by atoms with Gasteiger partial charge in [-0.1, -0.05) is 13.8 Å². The molecule has 0 unspecified atom stereocenters. The van der Waals surface area contributed by atoms with Gasteiger partial charge in [0.25, 0.3) is 0 Å². The highest BCUT2D eigenvalue weighted by molar-refractivity contribution is 7.89. The van der Waals surface area contributed by atoms with Gasteiger partial charge < -0.3 is 4.74 Å². The molecule has 32 heavy (non-hydrogen) atoms. The molecule has 4 rings (SSSR count). The minimum atomic E-state index is -3.60. The zero-order valence-corrected chi connectivity index (χ0v) is 19.4. The first-order valence-corrected chi connectivity index (χ1v) is 12.6. The number of nitrogens with zero attached hydrogens (tertiary/aromatic N) is 3. The topological polar surface area (TPSA) is 86.1 Å². The summed E-state index contributed by atoms with van der Waals surface area (Å²) in [5, 5.41) is 4.84. The quantitative estimate of drug-likeness (QED) is 0.531. The normalized spacial score (nSPS) is 13.8. The Morgan fingerprint density at radius 1 is 1.06 bits per heavy atom. The van der Waals surface area contributed by atoms with Gasteiger partial charge in [0, 0.05) is 35.8 Å². The molecule has 0 saturated heterocycles. The number of ether oxygens (including phenoxy) is 1. The van der Waals surface area contributed by atoms with Crippen molar-refractivity contribution in [3.8, 4) is 17.0 Å². The first kappa shape index (κ1) is 22.5. The molecular formula is C24H30N4O3S. The largest absolute Gasteiger partial charge is 0.493 e. The predicted molar refractivity (Wildman–Crippen MR) is 124 cm³/mol. The molecule has 3 aromatic rings.